The number of aliphatic hydroxyl groups is 2. The van der Waals surface area contributed by atoms with Crippen molar-refractivity contribution in [3.63, 3.8) is 0 Å². The van der Waals surface area contributed by atoms with Gasteiger partial charge in [-0.15, -0.1) is 0 Å². The average molecular weight is 404 g/mol. The quantitative estimate of drug-likeness (QED) is 0.776. The van der Waals surface area contributed by atoms with Crippen molar-refractivity contribution in [2.24, 2.45) is 0 Å². The molecule has 0 aliphatic carbocycles. The molecule has 1 saturated heterocycles. The van der Waals surface area contributed by atoms with Gasteiger partial charge in [0.15, 0.2) is 0 Å². The third kappa shape index (κ3) is 4.28. The van der Waals surface area contributed by atoms with E-state index < -0.39 is 6.10 Å². The van der Waals surface area contributed by atoms with Crippen molar-refractivity contribution in [2.75, 3.05) is 26.2 Å². The lowest BCUT2D eigenvalue weighted by atomic mass is 9.87. The van der Waals surface area contributed by atoms with Crippen LogP contribution in [0, 0.1) is 0 Å². The Morgan fingerprint density at radius 1 is 1.18 bits per heavy atom. The van der Waals surface area contributed by atoms with E-state index in [0.717, 1.165) is 48.7 Å². The molecule has 1 atom stereocenters. The Labute approximate surface area is 170 Å². The maximum Gasteiger partial charge on any atom is 0.124 e. The predicted molar refractivity (Wildman–Crippen MR) is 108 cm³/mol. The zero-order chi connectivity index (χ0) is 19.6. The van der Waals surface area contributed by atoms with Crippen LogP contribution in [-0.2, 0) is 13.0 Å². The van der Waals surface area contributed by atoms with Crippen molar-refractivity contribution in [3.8, 4) is 11.5 Å². The second-order valence-corrected chi connectivity index (χ2v) is 8.18. The first-order valence-corrected chi connectivity index (χ1v) is 10.1. The van der Waals surface area contributed by atoms with Gasteiger partial charge < -0.3 is 24.6 Å². The van der Waals surface area contributed by atoms with Crippen LogP contribution in [0.15, 0.2) is 42.5 Å². The molecule has 2 aliphatic heterocycles. The van der Waals surface area contributed by atoms with E-state index in [1.54, 1.807) is 0 Å². The highest BCUT2D eigenvalue weighted by atomic mass is 35.5. The molecule has 0 aromatic heterocycles. The Balaban J connectivity index is 1.26. The van der Waals surface area contributed by atoms with Gasteiger partial charge in [-0.2, -0.15) is 0 Å². The van der Waals surface area contributed by atoms with Gasteiger partial charge in [0.25, 0.3) is 0 Å². The molecular formula is C22H26ClNO4. The molecule has 0 bridgehead atoms. The van der Waals surface area contributed by atoms with Gasteiger partial charge in [-0.25, -0.2) is 0 Å². The largest absolute Gasteiger partial charge is 0.490 e. The summed E-state index contributed by atoms with van der Waals surface area (Å²) in [5.41, 5.74) is 1.79. The fourth-order valence-electron chi connectivity index (χ4n) is 4.14. The molecule has 1 spiro atoms. The van der Waals surface area contributed by atoms with Gasteiger partial charge in [-0.3, -0.25) is 0 Å². The molecule has 1 fully saturated rings. The minimum atomic E-state index is -0.582. The molecule has 0 radical (unpaired) electrons. The Hall–Kier alpha value is -1.79. The number of nitrogens with zero attached hydrogens (tertiary/aromatic N) is 1. The Bertz CT molecular complexity index is 820. The third-order valence-electron chi connectivity index (χ3n) is 5.67. The number of hydrogen-bond donors (Lipinski definition) is 2. The van der Waals surface area contributed by atoms with E-state index in [0.29, 0.717) is 12.3 Å². The normalized spacial score (nSPS) is 19.2. The molecule has 2 N–H and O–H groups in total. The first-order chi connectivity index (χ1) is 13.6. The smallest absolute Gasteiger partial charge is 0.124 e. The topological polar surface area (TPSA) is 62.2 Å². The summed E-state index contributed by atoms with van der Waals surface area (Å²) in [4.78, 5) is 2.26. The second-order valence-electron chi connectivity index (χ2n) is 7.75. The lowest BCUT2D eigenvalue weighted by molar-refractivity contribution is -0.00207. The summed E-state index contributed by atoms with van der Waals surface area (Å²) >= 11 is 6.11. The lowest BCUT2D eigenvalue weighted by Gasteiger charge is -2.39. The fraction of sp³-hybridized carbons (Fsp3) is 0.455. The van der Waals surface area contributed by atoms with Crippen LogP contribution >= 0.6 is 11.6 Å². The molecule has 6 heteroatoms. The van der Waals surface area contributed by atoms with Crippen LogP contribution in [-0.4, -0.2) is 53.1 Å². The summed E-state index contributed by atoms with van der Waals surface area (Å²) < 4.78 is 12.0. The van der Waals surface area contributed by atoms with Gasteiger partial charge in [0.05, 0.1) is 6.61 Å². The molecule has 150 valence electrons. The maximum atomic E-state index is 10.4. The van der Waals surface area contributed by atoms with Gasteiger partial charge in [-0.1, -0.05) is 29.8 Å². The zero-order valence-corrected chi connectivity index (χ0v) is 16.6. The minimum Gasteiger partial charge on any atom is -0.490 e. The number of fused-ring (bicyclic) bond motifs is 1. The van der Waals surface area contributed by atoms with E-state index in [1.165, 1.54) is 5.56 Å². The number of ether oxygens (including phenoxy) is 2. The molecule has 2 heterocycles. The number of aliphatic hydroxyl groups excluding tert-OH is 2. The van der Waals surface area contributed by atoms with Crippen LogP contribution in [0.3, 0.4) is 0 Å². The molecule has 2 aliphatic rings. The van der Waals surface area contributed by atoms with Crippen molar-refractivity contribution >= 4 is 11.6 Å². The number of halogens is 1. The van der Waals surface area contributed by atoms with Crippen molar-refractivity contribution in [1.29, 1.82) is 0 Å². The van der Waals surface area contributed by atoms with Gasteiger partial charge in [-0.05, 0) is 29.8 Å². The minimum absolute atomic E-state index is 0.0753. The van der Waals surface area contributed by atoms with Crippen LogP contribution in [0.4, 0.5) is 0 Å². The fourth-order valence-corrected chi connectivity index (χ4v) is 4.33. The van der Waals surface area contributed by atoms with Crippen LogP contribution in [0.25, 0.3) is 0 Å². The van der Waals surface area contributed by atoms with E-state index in [4.69, 9.17) is 21.1 Å². The van der Waals surface area contributed by atoms with E-state index in [-0.39, 0.29) is 18.8 Å². The van der Waals surface area contributed by atoms with Crippen molar-refractivity contribution in [3.05, 3.63) is 58.6 Å². The number of para-hydroxylation sites is 1. The number of rotatable bonds is 6. The first kappa shape index (κ1) is 19.5. The van der Waals surface area contributed by atoms with E-state index in [1.807, 2.05) is 42.5 Å². The number of benzene rings is 2. The Kier molecular flexibility index (Phi) is 5.78. The lowest BCUT2D eigenvalue weighted by Crippen LogP contribution is -2.49. The average Bonchev–Trinajstić information content (AvgIpc) is 3.05. The van der Waals surface area contributed by atoms with Crippen molar-refractivity contribution < 1.29 is 19.7 Å². The molecule has 4 rings (SSSR count). The van der Waals surface area contributed by atoms with E-state index in [9.17, 15) is 10.2 Å². The zero-order valence-electron chi connectivity index (χ0n) is 15.8. The SMILES string of the molecule is OCc1ccccc1OC[C@H](O)CN1CCC2(CC1)Cc1cc(Cl)ccc1O2. The highest BCUT2D eigenvalue weighted by molar-refractivity contribution is 6.30. The van der Waals surface area contributed by atoms with Crippen LogP contribution in [0.1, 0.15) is 24.0 Å². The summed E-state index contributed by atoms with van der Waals surface area (Å²) in [5.74, 6) is 1.58. The summed E-state index contributed by atoms with van der Waals surface area (Å²) in [6.45, 7) is 2.46. The van der Waals surface area contributed by atoms with E-state index >= 15 is 0 Å². The first-order valence-electron chi connectivity index (χ1n) is 9.76. The summed E-state index contributed by atoms with van der Waals surface area (Å²) in [7, 11) is 0. The third-order valence-corrected chi connectivity index (χ3v) is 5.91. The summed E-state index contributed by atoms with van der Waals surface area (Å²) in [6, 6.07) is 13.2. The molecule has 0 amide bonds. The molecule has 5 nitrogen and oxygen atoms in total. The number of β-amino-alcohol motifs (C(OH)–C–C–N with tert-alkyl or cyclic N) is 1. The predicted octanol–water partition coefficient (Wildman–Crippen LogP) is 3.04. The second kappa shape index (κ2) is 8.29. The molecule has 2 aromatic carbocycles. The molecule has 0 saturated carbocycles. The van der Waals surface area contributed by atoms with E-state index in [2.05, 4.69) is 4.90 Å². The van der Waals surface area contributed by atoms with Gasteiger partial charge >= 0.3 is 0 Å². The highest BCUT2D eigenvalue weighted by Gasteiger charge is 2.42. The van der Waals surface area contributed by atoms with Crippen LogP contribution < -0.4 is 9.47 Å². The van der Waals surface area contributed by atoms with Gasteiger partial charge in [0.1, 0.15) is 29.8 Å². The Morgan fingerprint density at radius 3 is 2.75 bits per heavy atom. The number of likely N-dealkylation sites (tertiary alicyclic amines) is 1. The van der Waals surface area contributed by atoms with Crippen molar-refractivity contribution in [2.45, 2.75) is 37.6 Å². The van der Waals surface area contributed by atoms with Crippen LogP contribution in [0.5, 0.6) is 11.5 Å². The summed E-state index contributed by atoms with van der Waals surface area (Å²) in [6.07, 6.45) is 2.18. The Morgan fingerprint density at radius 2 is 1.96 bits per heavy atom. The standard InChI is InChI=1S/C22H26ClNO4/c23-18-5-6-21-17(11-18)12-22(28-21)7-9-24(10-8-22)13-19(26)15-27-20-4-2-1-3-16(20)14-25/h1-6,11,19,25-26H,7-10,12-15H2/t19-/m1/s1. The monoisotopic (exact) mass is 403 g/mol. The van der Waals surface area contributed by atoms with Gasteiger partial charge in [0.2, 0.25) is 0 Å². The molecule has 2 aromatic rings. The maximum absolute atomic E-state index is 10.4. The molecule has 0 unspecified atom stereocenters. The highest BCUT2D eigenvalue weighted by Crippen LogP contribution is 2.41. The summed E-state index contributed by atoms with van der Waals surface area (Å²) in [5, 5.41) is 20.5. The van der Waals surface area contributed by atoms with Crippen molar-refractivity contribution in [1.82, 2.24) is 4.90 Å². The molecular weight excluding hydrogens is 378 g/mol. The van der Waals surface area contributed by atoms with Gasteiger partial charge in [0, 0.05) is 49.5 Å². The van der Waals surface area contributed by atoms with Crippen LogP contribution in [0.2, 0.25) is 5.02 Å². The number of hydrogen-bond acceptors (Lipinski definition) is 5. The molecule has 28 heavy (non-hydrogen) atoms. The number of piperidine rings is 1.